The molecule has 0 aliphatic rings. The zero-order valence-electron chi connectivity index (χ0n) is 14.2. The lowest BCUT2D eigenvalue weighted by atomic mass is 10.1. The first kappa shape index (κ1) is 19.3. The molecule has 0 bridgehead atoms. The van der Waals surface area contributed by atoms with Crippen molar-refractivity contribution in [2.24, 2.45) is 0 Å². The highest BCUT2D eigenvalue weighted by Crippen LogP contribution is 2.07. The molecule has 4 nitrogen and oxygen atoms in total. The number of carbonyl (C=O) groups is 2. The van der Waals surface area contributed by atoms with Crippen molar-refractivity contribution in [3.63, 3.8) is 0 Å². The quantitative estimate of drug-likeness (QED) is 0.592. The molecule has 0 aliphatic carbocycles. The number of carbonyl (C=O) groups excluding carboxylic acids is 2. The number of unbranched alkanes of at least 4 members (excludes halogenated alkanes) is 2. The van der Waals surface area contributed by atoms with Crippen LogP contribution in [0.3, 0.4) is 0 Å². The van der Waals surface area contributed by atoms with E-state index in [4.69, 9.17) is 9.47 Å². The summed E-state index contributed by atoms with van der Waals surface area (Å²) in [5, 5.41) is 0. The molecule has 0 saturated carbocycles. The molecule has 24 heavy (non-hydrogen) atoms. The van der Waals surface area contributed by atoms with E-state index >= 15 is 0 Å². The highest BCUT2D eigenvalue weighted by atomic mass is 16.5. The molecule has 0 aliphatic heterocycles. The van der Waals surface area contributed by atoms with Gasteiger partial charge in [-0.1, -0.05) is 37.5 Å². The van der Waals surface area contributed by atoms with Crippen molar-refractivity contribution in [2.75, 3.05) is 13.2 Å². The van der Waals surface area contributed by atoms with E-state index in [1.165, 1.54) is 24.3 Å². The monoisotopic (exact) mass is 326 g/mol. The predicted octanol–water partition coefficient (Wildman–Crippen LogP) is 3.61. The molecule has 0 fully saturated rings. The Hall–Kier alpha value is -2.72. The zero-order valence-corrected chi connectivity index (χ0v) is 14.2. The second-order valence-electron chi connectivity index (χ2n) is 4.94. The lowest BCUT2D eigenvalue weighted by Gasteiger charge is -2.03. The minimum absolute atomic E-state index is 0.0685. The highest BCUT2D eigenvalue weighted by Gasteiger charge is 2.10. The van der Waals surface area contributed by atoms with Crippen LogP contribution >= 0.6 is 0 Å². The first-order valence-electron chi connectivity index (χ1n) is 8.04. The van der Waals surface area contributed by atoms with Crippen LogP contribution in [-0.2, 0) is 9.47 Å². The van der Waals surface area contributed by atoms with E-state index in [-0.39, 0.29) is 13.2 Å². The number of hydrogen-bond acceptors (Lipinski definition) is 4. The largest absolute Gasteiger partial charge is 0.449 e. The fraction of sp³-hybridized carbons (Fsp3) is 0.400. The van der Waals surface area contributed by atoms with Crippen LogP contribution < -0.4 is 0 Å². The van der Waals surface area contributed by atoms with E-state index in [9.17, 15) is 9.59 Å². The van der Waals surface area contributed by atoms with E-state index in [1.54, 1.807) is 0 Å². The van der Waals surface area contributed by atoms with E-state index in [0.29, 0.717) is 11.1 Å². The van der Waals surface area contributed by atoms with E-state index in [2.05, 4.69) is 23.7 Å². The standard InChI is InChI=1S/C20H22O4/c1-3-5-7-9-15-23-19(21)17-11-13-18(14-12-17)20(22)24-16-10-8-6-4-2/h11-14H,3-6,15-16H2,1-2H3. The van der Waals surface area contributed by atoms with Gasteiger partial charge in [-0.2, -0.15) is 0 Å². The summed E-state index contributed by atoms with van der Waals surface area (Å²) < 4.78 is 10.1. The Kier molecular flexibility index (Phi) is 9.50. The molecule has 0 heterocycles. The van der Waals surface area contributed by atoms with Gasteiger partial charge in [0.15, 0.2) is 13.2 Å². The Labute approximate surface area is 143 Å². The summed E-state index contributed by atoms with van der Waals surface area (Å²) in [5.74, 6) is 10.4. The first-order chi connectivity index (χ1) is 11.7. The van der Waals surface area contributed by atoms with Crippen molar-refractivity contribution in [2.45, 2.75) is 39.5 Å². The van der Waals surface area contributed by atoms with Crippen LogP contribution in [0.1, 0.15) is 60.2 Å². The van der Waals surface area contributed by atoms with Gasteiger partial charge in [0, 0.05) is 12.8 Å². The van der Waals surface area contributed by atoms with E-state index in [1.807, 2.05) is 13.8 Å². The summed E-state index contributed by atoms with van der Waals surface area (Å²) in [6.07, 6.45) is 3.53. The summed E-state index contributed by atoms with van der Waals surface area (Å²) in [4.78, 5) is 23.6. The summed E-state index contributed by atoms with van der Waals surface area (Å²) in [5.41, 5.74) is 0.734. The summed E-state index contributed by atoms with van der Waals surface area (Å²) in [7, 11) is 0. The number of rotatable bonds is 6. The fourth-order valence-corrected chi connectivity index (χ4v) is 1.64. The van der Waals surface area contributed by atoms with Crippen molar-refractivity contribution >= 4 is 11.9 Å². The molecule has 0 radical (unpaired) electrons. The molecule has 0 spiro atoms. The second-order valence-corrected chi connectivity index (χ2v) is 4.94. The van der Waals surface area contributed by atoms with Crippen LogP contribution in [0.5, 0.6) is 0 Å². The van der Waals surface area contributed by atoms with Crippen molar-refractivity contribution < 1.29 is 19.1 Å². The number of benzene rings is 1. The van der Waals surface area contributed by atoms with Gasteiger partial charge in [-0.3, -0.25) is 0 Å². The van der Waals surface area contributed by atoms with Crippen LogP contribution in [0.2, 0.25) is 0 Å². The third-order valence-electron chi connectivity index (χ3n) is 2.91. The third kappa shape index (κ3) is 7.51. The molecule has 0 amide bonds. The maximum atomic E-state index is 11.8. The molecule has 4 heteroatoms. The lowest BCUT2D eigenvalue weighted by molar-refractivity contribution is 0.0542. The minimum atomic E-state index is -0.467. The molecule has 126 valence electrons. The molecule has 1 aromatic rings. The lowest BCUT2D eigenvalue weighted by Crippen LogP contribution is -2.08. The predicted molar refractivity (Wildman–Crippen MR) is 92.4 cm³/mol. The Morgan fingerprint density at radius 1 is 0.750 bits per heavy atom. The molecule has 0 N–H and O–H groups in total. The SMILES string of the molecule is CCCC#CCOC(=O)c1ccc(C(=O)OCC#CCCC)cc1. The Morgan fingerprint density at radius 2 is 1.12 bits per heavy atom. The first-order valence-corrected chi connectivity index (χ1v) is 8.04. The highest BCUT2D eigenvalue weighted by molar-refractivity contribution is 5.93. The molecule has 0 aromatic heterocycles. The average Bonchev–Trinajstić information content (AvgIpc) is 2.61. The summed E-state index contributed by atoms with van der Waals surface area (Å²) in [6, 6.07) is 6.12. The van der Waals surface area contributed by atoms with Crippen LogP contribution in [0.4, 0.5) is 0 Å². The van der Waals surface area contributed by atoms with Gasteiger partial charge < -0.3 is 9.47 Å². The summed E-state index contributed by atoms with van der Waals surface area (Å²) >= 11 is 0. The number of ether oxygens (including phenoxy) is 2. The normalized spacial score (nSPS) is 9.08. The van der Waals surface area contributed by atoms with Gasteiger partial charge in [-0.15, -0.1) is 0 Å². The van der Waals surface area contributed by atoms with Crippen LogP contribution in [0.15, 0.2) is 24.3 Å². The fourth-order valence-electron chi connectivity index (χ4n) is 1.64. The van der Waals surface area contributed by atoms with Crippen molar-refractivity contribution in [1.82, 2.24) is 0 Å². The molecule has 1 rings (SSSR count). The van der Waals surface area contributed by atoms with Gasteiger partial charge in [-0.25, -0.2) is 9.59 Å². The summed E-state index contributed by atoms with van der Waals surface area (Å²) in [6.45, 7) is 4.20. The van der Waals surface area contributed by atoms with Gasteiger partial charge in [0.25, 0.3) is 0 Å². The molecule has 0 unspecified atom stereocenters. The van der Waals surface area contributed by atoms with Gasteiger partial charge in [0.1, 0.15) is 0 Å². The topological polar surface area (TPSA) is 52.6 Å². The Bertz CT molecular complexity index is 592. The molecular formula is C20H22O4. The van der Waals surface area contributed by atoms with E-state index in [0.717, 1.165) is 25.7 Å². The smallest absolute Gasteiger partial charge is 0.339 e. The van der Waals surface area contributed by atoms with Gasteiger partial charge >= 0.3 is 11.9 Å². The molecule has 1 aromatic carbocycles. The van der Waals surface area contributed by atoms with Gasteiger partial charge in [-0.05, 0) is 37.1 Å². The minimum Gasteiger partial charge on any atom is -0.449 e. The van der Waals surface area contributed by atoms with Gasteiger partial charge in [0.05, 0.1) is 11.1 Å². The second kappa shape index (κ2) is 11.8. The molecular weight excluding hydrogens is 304 g/mol. The molecule has 0 saturated heterocycles. The molecule has 0 atom stereocenters. The van der Waals surface area contributed by atoms with Crippen LogP contribution in [0, 0.1) is 23.7 Å². The van der Waals surface area contributed by atoms with Crippen molar-refractivity contribution in [3.05, 3.63) is 35.4 Å². The maximum absolute atomic E-state index is 11.8. The third-order valence-corrected chi connectivity index (χ3v) is 2.91. The average molecular weight is 326 g/mol. The van der Waals surface area contributed by atoms with Gasteiger partial charge in [0.2, 0.25) is 0 Å². The van der Waals surface area contributed by atoms with Crippen molar-refractivity contribution in [1.29, 1.82) is 0 Å². The number of hydrogen-bond donors (Lipinski definition) is 0. The Morgan fingerprint density at radius 3 is 1.46 bits per heavy atom. The van der Waals surface area contributed by atoms with Crippen molar-refractivity contribution in [3.8, 4) is 23.7 Å². The van der Waals surface area contributed by atoms with E-state index < -0.39 is 11.9 Å². The van der Waals surface area contributed by atoms with Crippen LogP contribution in [0.25, 0.3) is 0 Å². The maximum Gasteiger partial charge on any atom is 0.339 e. The number of esters is 2. The van der Waals surface area contributed by atoms with Crippen LogP contribution in [-0.4, -0.2) is 25.2 Å². The zero-order chi connectivity index (χ0) is 17.6. The Balaban J connectivity index is 2.47.